The van der Waals surface area contributed by atoms with E-state index in [1.807, 2.05) is 0 Å². The van der Waals surface area contributed by atoms with Gasteiger partial charge in [-0.2, -0.15) is 0 Å². The van der Waals surface area contributed by atoms with Gasteiger partial charge in [0.2, 0.25) is 5.91 Å². The normalized spacial score (nSPS) is 10.7. The zero-order chi connectivity index (χ0) is 13.3. The Labute approximate surface area is 101 Å². The Hall–Kier alpha value is -2.57. The summed E-state index contributed by atoms with van der Waals surface area (Å²) in [4.78, 5) is 36.1. The first-order valence-corrected chi connectivity index (χ1v) is 5.24. The molecule has 1 heterocycles. The number of benzene rings is 1. The molecule has 0 saturated heterocycles. The van der Waals surface area contributed by atoms with Crippen molar-refractivity contribution in [2.24, 2.45) is 5.73 Å². The fourth-order valence-electron chi connectivity index (χ4n) is 1.83. The van der Waals surface area contributed by atoms with Gasteiger partial charge in [0, 0.05) is 13.0 Å². The number of imidazole rings is 1. The van der Waals surface area contributed by atoms with Crippen molar-refractivity contribution in [2.75, 3.05) is 0 Å². The van der Waals surface area contributed by atoms with Crippen molar-refractivity contribution in [3.05, 3.63) is 34.2 Å². The summed E-state index contributed by atoms with van der Waals surface area (Å²) in [6, 6.07) is 4.54. The molecule has 0 atom stereocenters. The molecule has 18 heavy (non-hydrogen) atoms. The zero-order valence-electron chi connectivity index (χ0n) is 9.34. The Morgan fingerprint density at radius 2 is 2.11 bits per heavy atom. The van der Waals surface area contributed by atoms with Crippen LogP contribution in [0.4, 0.5) is 0 Å². The van der Waals surface area contributed by atoms with Crippen LogP contribution in [-0.4, -0.2) is 26.5 Å². The van der Waals surface area contributed by atoms with Gasteiger partial charge >= 0.3 is 11.7 Å². The van der Waals surface area contributed by atoms with Gasteiger partial charge in [0.05, 0.1) is 16.6 Å². The van der Waals surface area contributed by atoms with Gasteiger partial charge in [-0.15, -0.1) is 0 Å². The second-order valence-electron chi connectivity index (χ2n) is 3.80. The predicted molar refractivity (Wildman–Crippen MR) is 63.3 cm³/mol. The van der Waals surface area contributed by atoms with Gasteiger partial charge in [0.15, 0.2) is 0 Å². The second-order valence-corrected chi connectivity index (χ2v) is 3.80. The largest absolute Gasteiger partial charge is 0.478 e. The number of aromatic nitrogens is 2. The summed E-state index contributed by atoms with van der Waals surface area (Å²) in [5.41, 5.74) is 5.27. The van der Waals surface area contributed by atoms with E-state index in [0.29, 0.717) is 5.52 Å². The monoisotopic (exact) mass is 249 g/mol. The summed E-state index contributed by atoms with van der Waals surface area (Å²) < 4.78 is 1.21. The fourth-order valence-corrected chi connectivity index (χ4v) is 1.83. The summed E-state index contributed by atoms with van der Waals surface area (Å²) in [6.45, 7) is 0.0540. The van der Waals surface area contributed by atoms with Crippen LogP contribution >= 0.6 is 0 Å². The molecule has 0 saturated carbocycles. The SMILES string of the molecule is NC(=O)CCn1c(=O)[nH]c2cccc(C(=O)O)c21. The van der Waals surface area contributed by atoms with Crippen LogP contribution in [0.5, 0.6) is 0 Å². The van der Waals surface area contributed by atoms with Gasteiger partial charge in [-0.3, -0.25) is 9.36 Å². The number of aryl methyl sites for hydroxylation is 1. The highest BCUT2D eigenvalue weighted by Gasteiger charge is 2.15. The fraction of sp³-hybridized carbons (Fsp3) is 0.182. The number of rotatable bonds is 4. The Kier molecular flexibility index (Phi) is 2.88. The molecule has 2 aromatic rings. The van der Waals surface area contributed by atoms with Crippen LogP contribution in [0, 0.1) is 0 Å². The van der Waals surface area contributed by atoms with Gasteiger partial charge in [-0.1, -0.05) is 6.07 Å². The third-order valence-corrected chi connectivity index (χ3v) is 2.60. The number of nitrogens with two attached hydrogens (primary N) is 1. The number of amides is 1. The quantitative estimate of drug-likeness (QED) is 0.701. The minimum Gasteiger partial charge on any atom is -0.478 e. The number of carbonyl (C=O) groups excluding carboxylic acids is 1. The molecule has 0 aliphatic carbocycles. The average molecular weight is 249 g/mol. The number of nitrogens with zero attached hydrogens (tertiary/aromatic N) is 1. The summed E-state index contributed by atoms with van der Waals surface area (Å²) in [6.07, 6.45) is -0.0270. The maximum absolute atomic E-state index is 11.7. The molecule has 7 nitrogen and oxygen atoms in total. The number of nitrogens with one attached hydrogen (secondary N) is 1. The average Bonchev–Trinajstić information content (AvgIpc) is 2.61. The summed E-state index contributed by atoms with van der Waals surface area (Å²) >= 11 is 0. The van der Waals surface area contributed by atoms with Crippen LogP contribution in [0.15, 0.2) is 23.0 Å². The molecule has 1 aromatic carbocycles. The van der Waals surface area contributed by atoms with Crippen LogP contribution in [0.3, 0.4) is 0 Å². The molecule has 7 heteroatoms. The number of carboxylic acids is 1. The minimum atomic E-state index is -1.13. The first kappa shape index (κ1) is 11.9. The van der Waals surface area contributed by atoms with E-state index in [1.165, 1.54) is 10.6 Å². The lowest BCUT2D eigenvalue weighted by atomic mass is 10.2. The van der Waals surface area contributed by atoms with Gasteiger partial charge in [-0.25, -0.2) is 9.59 Å². The lowest BCUT2D eigenvalue weighted by Crippen LogP contribution is -2.21. The number of hydrogen-bond acceptors (Lipinski definition) is 3. The predicted octanol–water partition coefficient (Wildman–Crippen LogP) is -0.0968. The molecule has 0 radical (unpaired) electrons. The smallest absolute Gasteiger partial charge is 0.337 e. The maximum Gasteiger partial charge on any atom is 0.337 e. The molecule has 0 unspecified atom stereocenters. The first-order chi connectivity index (χ1) is 8.50. The van der Waals surface area contributed by atoms with Crippen molar-refractivity contribution in [2.45, 2.75) is 13.0 Å². The highest BCUT2D eigenvalue weighted by atomic mass is 16.4. The van der Waals surface area contributed by atoms with Crippen molar-refractivity contribution in [3.63, 3.8) is 0 Å². The van der Waals surface area contributed by atoms with Crippen LogP contribution in [0.2, 0.25) is 0 Å². The Balaban J connectivity index is 2.64. The molecule has 4 N–H and O–H groups in total. The van der Waals surface area contributed by atoms with Crippen molar-refractivity contribution in [1.82, 2.24) is 9.55 Å². The van der Waals surface area contributed by atoms with Crippen molar-refractivity contribution >= 4 is 22.9 Å². The molecular formula is C11H11N3O4. The Morgan fingerprint density at radius 1 is 1.39 bits per heavy atom. The number of H-pyrrole nitrogens is 1. The summed E-state index contributed by atoms with van der Waals surface area (Å²) in [5.74, 6) is -1.68. The van der Waals surface area contributed by atoms with Crippen molar-refractivity contribution < 1.29 is 14.7 Å². The Morgan fingerprint density at radius 3 is 2.72 bits per heavy atom. The standard InChI is InChI=1S/C11H11N3O4/c12-8(15)4-5-14-9-6(10(16)17)2-1-3-7(9)13-11(14)18/h1-3H,4-5H2,(H2,12,15)(H,13,18)(H,16,17). The lowest BCUT2D eigenvalue weighted by Gasteiger charge is -2.03. The zero-order valence-corrected chi connectivity index (χ0v) is 9.34. The van der Waals surface area contributed by atoms with Crippen molar-refractivity contribution in [1.29, 1.82) is 0 Å². The molecule has 1 aromatic heterocycles. The van der Waals surface area contributed by atoms with Gasteiger partial charge in [0.1, 0.15) is 0 Å². The van der Waals surface area contributed by atoms with E-state index in [2.05, 4.69) is 4.98 Å². The molecule has 0 bridgehead atoms. The van der Waals surface area contributed by atoms with Gasteiger partial charge < -0.3 is 15.8 Å². The number of aromatic amines is 1. The third-order valence-electron chi connectivity index (χ3n) is 2.60. The van der Waals surface area contributed by atoms with Crippen LogP contribution in [0.25, 0.3) is 11.0 Å². The molecule has 0 fully saturated rings. The van der Waals surface area contributed by atoms with E-state index in [0.717, 1.165) is 0 Å². The number of aromatic carboxylic acids is 1. The van der Waals surface area contributed by atoms with E-state index >= 15 is 0 Å². The third kappa shape index (κ3) is 1.97. The molecule has 0 aliphatic heterocycles. The molecule has 94 valence electrons. The summed E-state index contributed by atoms with van der Waals surface area (Å²) in [5, 5.41) is 9.07. The van der Waals surface area contributed by atoms with E-state index in [-0.39, 0.29) is 24.0 Å². The number of carboxylic acid groups (broad SMARTS) is 1. The lowest BCUT2D eigenvalue weighted by molar-refractivity contribution is -0.118. The first-order valence-electron chi connectivity index (χ1n) is 5.24. The van der Waals surface area contributed by atoms with Crippen LogP contribution in [0.1, 0.15) is 16.8 Å². The van der Waals surface area contributed by atoms with E-state index in [4.69, 9.17) is 10.8 Å². The van der Waals surface area contributed by atoms with Gasteiger partial charge in [0.25, 0.3) is 0 Å². The topological polar surface area (TPSA) is 118 Å². The molecule has 2 rings (SSSR count). The highest BCUT2D eigenvalue weighted by Crippen LogP contribution is 2.16. The number of para-hydroxylation sites is 1. The highest BCUT2D eigenvalue weighted by molar-refractivity contribution is 6.01. The van der Waals surface area contributed by atoms with Crippen LogP contribution in [-0.2, 0) is 11.3 Å². The van der Waals surface area contributed by atoms with E-state index < -0.39 is 17.6 Å². The number of hydrogen-bond donors (Lipinski definition) is 3. The van der Waals surface area contributed by atoms with Crippen LogP contribution < -0.4 is 11.4 Å². The molecular weight excluding hydrogens is 238 g/mol. The maximum atomic E-state index is 11.7. The summed E-state index contributed by atoms with van der Waals surface area (Å²) in [7, 11) is 0. The molecule has 0 aliphatic rings. The van der Waals surface area contributed by atoms with E-state index in [1.54, 1.807) is 12.1 Å². The molecule has 1 amide bonds. The number of primary amides is 1. The molecule has 0 spiro atoms. The van der Waals surface area contributed by atoms with Crippen molar-refractivity contribution in [3.8, 4) is 0 Å². The number of carbonyl (C=O) groups is 2. The second kappa shape index (κ2) is 4.36. The van der Waals surface area contributed by atoms with E-state index in [9.17, 15) is 14.4 Å². The Bertz CT molecular complexity index is 683. The van der Waals surface area contributed by atoms with Gasteiger partial charge in [-0.05, 0) is 12.1 Å². The minimum absolute atomic E-state index is 0.00956. The number of fused-ring (bicyclic) bond motifs is 1.